The number of fused-ring (bicyclic) bond motifs is 1. The number of rotatable bonds is 4. The van der Waals surface area contributed by atoms with Crippen molar-refractivity contribution in [3.63, 3.8) is 0 Å². The molecule has 2 aliphatic carbocycles. The summed E-state index contributed by atoms with van der Waals surface area (Å²) in [6.45, 7) is 1.93. The van der Waals surface area contributed by atoms with Gasteiger partial charge in [-0.3, -0.25) is 9.48 Å². The van der Waals surface area contributed by atoms with Gasteiger partial charge in [0.2, 0.25) is 5.91 Å². The highest BCUT2D eigenvalue weighted by Gasteiger charge is 2.55. The van der Waals surface area contributed by atoms with Crippen molar-refractivity contribution in [3.8, 4) is 5.75 Å². The second-order valence-corrected chi connectivity index (χ2v) is 9.37. The Morgan fingerprint density at radius 2 is 2.03 bits per heavy atom. The van der Waals surface area contributed by atoms with Crippen LogP contribution in [0, 0.1) is 11.7 Å². The molecule has 0 radical (unpaired) electrons. The number of hydrogen-bond acceptors (Lipinski definition) is 4. The van der Waals surface area contributed by atoms with Crippen LogP contribution in [-0.2, 0) is 11.8 Å². The summed E-state index contributed by atoms with van der Waals surface area (Å²) in [6, 6.07) is 3.68. The maximum absolute atomic E-state index is 15.0. The highest BCUT2D eigenvalue weighted by Crippen LogP contribution is 2.51. The maximum atomic E-state index is 15.0. The van der Waals surface area contributed by atoms with E-state index < -0.39 is 11.4 Å². The van der Waals surface area contributed by atoms with E-state index in [2.05, 4.69) is 5.10 Å². The van der Waals surface area contributed by atoms with Gasteiger partial charge in [-0.05, 0) is 50.2 Å². The number of carbonyl (C=O) groups excluding carboxylic acids is 1. The Morgan fingerprint density at radius 3 is 2.66 bits per heavy atom. The number of benzene rings is 1. The van der Waals surface area contributed by atoms with E-state index in [-0.39, 0.29) is 29.7 Å². The monoisotopic (exact) mass is 401 g/mol. The minimum atomic E-state index is -0.574. The van der Waals surface area contributed by atoms with Gasteiger partial charge in [0, 0.05) is 31.5 Å². The highest BCUT2D eigenvalue weighted by atomic mass is 19.1. The summed E-state index contributed by atoms with van der Waals surface area (Å²) >= 11 is 0. The third-order valence-corrected chi connectivity index (χ3v) is 7.30. The van der Waals surface area contributed by atoms with E-state index in [9.17, 15) is 14.3 Å². The summed E-state index contributed by atoms with van der Waals surface area (Å²) in [5, 5.41) is 15.7. The molecule has 4 fully saturated rings. The lowest BCUT2D eigenvalue weighted by Gasteiger charge is -2.59. The van der Waals surface area contributed by atoms with Crippen LogP contribution in [0.3, 0.4) is 0 Å². The molecule has 6 nitrogen and oxygen atoms in total. The van der Waals surface area contributed by atoms with Crippen LogP contribution in [0.4, 0.5) is 4.39 Å². The van der Waals surface area contributed by atoms with Crippen LogP contribution in [0.1, 0.15) is 57.1 Å². The zero-order chi connectivity index (χ0) is 20.5. The summed E-state index contributed by atoms with van der Waals surface area (Å²) in [5.74, 6) is 0.179. The molecule has 29 heavy (non-hydrogen) atoms. The molecule has 7 heteroatoms. The predicted octanol–water partition coefficient (Wildman–Crippen LogP) is 3.12. The second kappa shape index (κ2) is 6.42. The maximum Gasteiger partial charge on any atom is 0.223 e. The summed E-state index contributed by atoms with van der Waals surface area (Å²) in [6.07, 6.45) is 4.56. The molecule has 3 atom stereocenters. The van der Waals surface area contributed by atoms with Gasteiger partial charge >= 0.3 is 0 Å². The van der Waals surface area contributed by atoms with Crippen LogP contribution < -0.4 is 4.74 Å². The molecule has 1 aromatic carbocycles. The molecule has 1 amide bonds. The first-order valence-electron chi connectivity index (χ1n) is 10.5. The summed E-state index contributed by atoms with van der Waals surface area (Å²) < 4.78 is 21.8. The molecule has 3 unspecified atom stereocenters. The van der Waals surface area contributed by atoms with Crippen LogP contribution >= 0.6 is 0 Å². The molecule has 6 rings (SSSR count). The number of carbonyl (C=O) groups is 1. The van der Waals surface area contributed by atoms with Crippen LogP contribution in [0.2, 0.25) is 0 Å². The van der Waals surface area contributed by atoms with Gasteiger partial charge < -0.3 is 14.7 Å². The van der Waals surface area contributed by atoms with Gasteiger partial charge in [0.05, 0.1) is 29.3 Å². The molecular formula is C22H28FN3O3. The van der Waals surface area contributed by atoms with E-state index in [1.807, 2.05) is 11.8 Å². The van der Waals surface area contributed by atoms with Gasteiger partial charge in [-0.25, -0.2) is 4.39 Å². The first kappa shape index (κ1) is 18.9. The van der Waals surface area contributed by atoms with Gasteiger partial charge in [-0.2, -0.15) is 5.10 Å². The van der Waals surface area contributed by atoms with Crippen LogP contribution in [0.25, 0.3) is 10.9 Å². The Balaban J connectivity index is 1.41. The summed E-state index contributed by atoms with van der Waals surface area (Å²) in [7, 11) is 3.23. The molecule has 2 saturated heterocycles. The number of hydrogen-bond donors (Lipinski definition) is 1. The number of aromatic nitrogens is 2. The minimum Gasteiger partial charge on any atom is -0.494 e. The lowest BCUT2D eigenvalue weighted by atomic mass is 9.61. The van der Waals surface area contributed by atoms with Crippen molar-refractivity contribution in [1.82, 2.24) is 14.7 Å². The van der Waals surface area contributed by atoms with Crippen molar-refractivity contribution in [1.29, 1.82) is 0 Å². The van der Waals surface area contributed by atoms with E-state index in [0.29, 0.717) is 41.8 Å². The fourth-order valence-corrected chi connectivity index (χ4v) is 6.29. The molecule has 2 aromatic rings. The number of amides is 1. The number of aliphatic hydroxyl groups is 1. The Labute approximate surface area is 169 Å². The SMILES string of the molecule is COc1ccc2c(c(C(C)CC(=O)N3C4CC5CC3CC(O)(C5)C4)nn2C)c1F. The van der Waals surface area contributed by atoms with Crippen molar-refractivity contribution < 1.29 is 19.0 Å². The van der Waals surface area contributed by atoms with E-state index >= 15 is 0 Å². The largest absolute Gasteiger partial charge is 0.494 e. The average molecular weight is 401 g/mol. The highest BCUT2D eigenvalue weighted by molar-refractivity contribution is 5.86. The number of halogens is 1. The molecule has 1 aromatic heterocycles. The summed E-state index contributed by atoms with van der Waals surface area (Å²) in [4.78, 5) is 15.3. The molecule has 1 N–H and O–H groups in total. The molecule has 2 aliphatic heterocycles. The summed E-state index contributed by atoms with van der Waals surface area (Å²) in [5.41, 5.74) is 0.709. The molecule has 3 heterocycles. The van der Waals surface area contributed by atoms with E-state index in [1.54, 1.807) is 23.9 Å². The molecule has 0 spiro atoms. The number of aryl methyl sites for hydroxylation is 1. The normalized spacial score (nSPS) is 31.5. The van der Waals surface area contributed by atoms with Gasteiger partial charge in [0.15, 0.2) is 11.6 Å². The third kappa shape index (κ3) is 2.85. The quantitative estimate of drug-likeness (QED) is 0.855. The zero-order valence-electron chi connectivity index (χ0n) is 17.2. The molecule has 4 aliphatic rings. The van der Waals surface area contributed by atoms with Crippen molar-refractivity contribution in [2.45, 2.75) is 69.1 Å². The molecule has 2 saturated carbocycles. The Morgan fingerprint density at radius 1 is 1.34 bits per heavy atom. The van der Waals surface area contributed by atoms with Gasteiger partial charge in [0.1, 0.15) is 0 Å². The second-order valence-electron chi connectivity index (χ2n) is 9.37. The van der Waals surface area contributed by atoms with Crippen LogP contribution in [-0.4, -0.2) is 50.5 Å². The fraction of sp³-hybridized carbons (Fsp3) is 0.636. The van der Waals surface area contributed by atoms with Gasteiger partial charge in [-0.1, -0.05) is 6.92 Å². The lowest BCUT2D eigenvalue weighted by Crippen LogP contribution is -2.65. The van der Waals surface area contributed by atoms with Crippen LogP contribution in [0.15, 0.2) is 12.1 Å². The van der Waals surface area contributed by atoms with E-state index in [4.69, 9.17) is 4.74 Å². The minimum absolute atomic E-state index is 0.0945. The fourth-order valence-electron chi connectivity index (χ4n) is 6.29. The number of piperidine rings is 2. The topological polar surface area (TPSA) is 67.6 Å². The molecule has 156 valence electrons. The third-order valence-electron chi connectivity index (χ3n) is 7.30. The lowest BCUT2D eigenvalue weighted by molar-refractivity contribution is -0.174. The average Bonchev–Trinajstić information content (AvgIpc) is 2.98. The number of nitrogens with zero attached hydrogens (tertiary/aromatic N) is 3. The first-order chi connectivity index (χ1) is 13.8. The Hall–Kier alpha value is -2.15. The molecule has 4 bridgehead atoms. The predicted molar refractivity (Wildman–Crippen MR) is 106 cm³/mol. The first-order valence-corrected chi connectivity index (χ1v) is 10.5. The van der Waals surface area contributed by atoms with Crippen molar-refractivity contribution in [2.24, 2.45) is 13.0 Å². The smallest absolute Gasteiger partial charge is 0.223 e. The molecular weight excluding hydrogens is 373 g/mol. The van der Waals surface area contributed by atoms with Crippen molar-refractivity contribution >= 4 is 16.8 Å². The standard InChI is InChI=1S/C22H28FN3O3/c1-12(21-19-16(25(2)24-21)4-5-17(29-3)20(19)23)6-18(27)26-14-7-13-8-15(26)11-22(28,9-13)10-14/h4-5,12-15,28H,6-11H2,1-3H3. The van der Waals surface area contributed by atoms with E-state index in [0.717, 1.165) is 19.3 Å². The van der Waals surface area contributed by atoms with Crippen LogP contribution in [0.5, 0.6) is 5.75 Å². The Bertz CT molecular complexity index is 971. The zero-order valence-corrected chi connectivity index (χ0v) is 17.2. The number of ether oxygens (including phenoxy) is 1. The van der Waals surface area contributed by atoms with Gasteiger partial charge in [-0.15, -0.1) is 0 Å². The van der Waals surface area contributed by atoms with Crippen molar-refractivity contribution in [2.75, 3.05) is 7.11 Å². The van der Waals surface area contributed by atoms with Gasteiger partial charge in [0.25, 0.3) is 0 Å². The number of methoxy groups -OCH3 is 1. The Kier molecular flexibility index (Phi) is 4.18. The van der Waals surface area contributed by atoms with E-state index in [1.165, 1.54) is 7.11 Å². The van der Waals surface area contributed by atoms with Crippen molar-refractivity contribution in [3.05, 3.63) is 23.6 Å².